The number of aromatic hydroxyl groups is 10. The van der Waals surface area contributed by atoms with E-state index in [-0.39, 0.29) is 16.7 Å². The summed E-state index contributed by atoms with van der Waals surface area (Å²) in [6.45, 7) is 0. The quantitative estimate of drug-likeness (QED) is 0.0995. The highest BCUT2D eigenvalue weighted by Gasteiger charge is 2.28. The maximum atomic E-state index is 10.6. The number of para-hydroxylation sites is 1. The van der Waals surface area contributed by atoms with Gasteiger partial charge in [0.25, 0.3) is 0 Å². The van der Waals surface area contributed by atoms with Gasteiger partial charge in [-0.1, -0.05) is 54.6 Å². The number of rotatable bonds is 5. The molecule has 0 radical (unpaired) electrons. The largest absolute Gasteiger partial charge is 0.504 e. The van der Waals surface area contributed by atoms with Crippen LogP contribution < -0.4 is 15.8 Å². The van der Waals surface area contributed by atoms with Crippen LogP contribution >= 0.6 is 0 Å². The zero-order valence-corrected chi connectivity index (χ0v) is 23.3. The van der Waals surface area contributed by atoms with Crippen molar-refractivity contribution in [1.29, 1.82) is 0 Å². The van der Waals surface area contributed by atoms with Crippen molar-refractivity contribution >= 4 is 22.5 Å². The van der Waals surface area contributed by atoms with E-state index in [0.717, 1.165) is 16.4 Å². The van der Waals surface area contributed by atoms with Crippen molar-refractivity contribution in [3.8, 4) is 68.6 Å². The number of phenolic OH excluding ortho intramolecular Hbond substituents is 10. The fourth-order valence-electron chi connectivity index (χ4n) is 5.72. The van der Waals surface area contributed by atoms with E-state index >= 15 is 0 Å². The Hall–Kier alpha value is -6.36. The third-order valence-corrected chi connectivity index (χ3v) is 7.95. The van der Waals surface area contributed by atoms with Gasteiger partial charge in [-0.25, -0.2) is 0 Å². The molecule has 0 bridgehead atoms. The lowest BCUT2D eigenvalue weighted by molar-refractivity contribution is 0.327. The van der Waals surface area contributed by atoms with Crippen LogP contribution in [0.25, 0.3) is 22.3 Å². The van der Waals surface area contributed by atoms with Crippen LogP contribution in [0.5, 0.6) is 57.5 Å². The Bertz CT molecular complexity index is 2080. The number of hydrogen-bond donors (Lipinski definition) is 11. The van der Waals surface area contributed by atoms with Gasteiger partial charge in [0.2, 0.25) is 34.5 Å². The third-order valence-electron chi connectivity index (χ3n) is 7.95. The third kappa shape index (κ3) is 4.54. The molecule has 0 fully saturated rings. The minimum absolute atomic E-state index is 0.167. The number of phenols is 10. The number of fused-ring (bicyclic) bond motifs is 1. The standard InChI is InChI=1S/C34H27NO10/c36-25-23(26(37)30(41)33(44)29(25)40)20-14-13-17(18-5-1-2-6-19(18)20)15-9-11-16(12-10-15)35-22-8-4-3-7-21(22)24-27(38)31(42)34(45)32(43)28(24)39/h1-12,35-45H,13-14H2. The summed E-state index contributed by atoms with van der Waals surface area (Å²) in [5, 5.41) is 107. The second kappa shape index (κ2) is 10.7. The van der Waals surface area contributed by atoms with Crippen LogP contribution in [0.3, 0.4) is 0 Å². The molecule has 6 rings (SSSR count). The van der Waals surface area contributed by atoms with Gasteiger partial charge in [0.05, 0.1) is 11.1 Å². The highest BCUT2D eigenvalue weighted by Crippen LogP contribution is 2.56. The highest BCUT2D eigenvalue weighted by molar-refractivity contribution is 5.92. The SMILES string of the molecule is Oc1c(O)c(O)c(C2=c3ccccc3=C(c3ccc(Nc4ccccc4-c4c(O)c(O)c(O)c(O)c4O)cc3)CC2)c(O)c1O. The summed E-state index contributed by atoms with van der Waals surface area (Å²) in [4.78, 5) is 0. The van der Waals surface area contributed by atoms with Crippen molar-refractivity contribution in [1.82, 2.24) is 0 Å². The lowest BCUT2D eigenvalue weighted by atomic mass is 9.85. The zero-order valence-electron chi connectivity index (χ0n) is 23.3. The Balaban J connectivity index is 1.41. The van der Waals surface area contributed by atoms with Crippen molar-refractivity contribution in [2.75, 3.05) is 5.32 Å². The Morgan fingerprint density at radius 3 is 1.38 bits per heavy atom. The van der Waals surface area contributed by atoms with Crippen LogP contribution in [-0.2, 0) is 0 Å². The average molecular weight is 610 g/mol. The fraction of sp³-hybridized carbons (Fsp3) is 0.0588. The van der Waals surface area contributed by atoms with Crippen LogP contribution in [0, 0.1) is 0 Å². The molecule has 5 aromatic carbocycles. The predicted octanol–water partition coefficient (Wildman–Crippen LogP) is 4.35. The van der Waals surface area contributed by atoms with Gasteiger partial charge in [-0.3, -0.25) is 0 Å². The molecule has 11 nitrogen and oxygen atoms in total. The molecule has 0 heterocycles. The molecule has 1 aliphatic rings. The van der Waals surface area contributed by atoms with E-state index < -0.39 is 57.5 Å². The lowest BCUT2D eigenvalue weighted by Crippen LogP contribution is -2.32. The summed E-state index contributed by atoms with van der Waals surface area (Å²) in [6, 6.07) is 21.2. The molecular formula is C34H27NO10. The molecule has 0 spiro atoms. The minimum Gasteiger partial charge on any atom is -0.504 e. The van der Waals surface area contributed by atoms with E-state index in [9.17, 15) is 51.1 Å². The topological polar surface area (TPSA) is 214 Å². The molecule has 1 aliphatic carbocycles. The van der Waals surface area contributed by atoms with Gasteiger partial charge < -0.3 is 56.4 Å². The molecule has 0 saturated carbocycles. The van der Waals surface area contributed by atoms with Crippen molar-refractivity contribution in [2.45, 2.75) is 12.8 Å². The number of hydrogen-bond acceptors (Lipinski definition) is 11. The first kappa shape index (κ1) is 28.7. The molecule has 0 saturated heterocycles. The molecule has 228 valence electrons. The predicted molar refractivity (Wildman–Crippen MR) is 165 cm³/mol. The second-order valence-electron chi connectivity index (χ2n) is 10.5. The summed E-state index contributed by atoms with van der Waals surface area (Å²) in [6.07, 6.45) is 0.791. The molecule has 0 aromatic heterocycles. The van der Waals surface area contributed by atoms with E-state index in [4.69, 9.17) is 0 Å². The van der Waals surface area contributed by atoms with Crippen LogP contribution in [0.4, 0.5) is 11.4 Å². The van der Waals surface area contributed by atoms with E-state index in [1.54, 1.807) is 48.5 Å². The van der Waals surface area contributed by atoms with Crippen molar-refractivity contribution < 1.29 is 51.1 Å². The maximum Gasteiger partial charge on any atom is 0.208 e. The normalized spacial score (nSPS) is 12.6. The fourth-order valence-corrected chi connectivity index (χ4v) is 5.72. The molecule has 0 amide bonds. The molecule has 5 aromatic rings. The van der Waals surface area contributed by atoms with Crippen molar-refractivity contribution in [3.63, 3.8) is 0 Å². The summed E-state index contributed by atoms with van der Waals surface area (Å²) in [5.74, 6) is -9.00. The number of nitrogens with one attached hydrogen (secondary N) is 1. The molecule has 11 heteroatoms. The van der Waals surface area contributed by atoms with Gasteiger partial charge in [-0.05, 0) is 58.2 Å². The summed E-state index contributed by atoms with van der Waals surface area (Å²) in [7, 11) is 0. The summed E-state index contributed by atoms with van der Waals surface area (Å²) < 4.78 is 0. The maximum absolute atomic E-state index is 10.6. The van der Waals surface area contributed by atoms with Crippen molar-refractivity contribution in [3.05, 3.63) is 94.4 Å². The monoisotopic (exact) mass is 609 g/mol. The molecule has 45 heavy (non-hydrogen) atoms. The van der Waals surface area contributed by atoms with Crippen molar-refractivity contribution in [2.24, 2.45) is 0 Å². The Morgan fingerprint density at radius 1 is 0.400 bits per heavy atom. The first-order chi connectivity index (χ1) is 21.5. The van der Waals surface area contributed by atoms with Gasteiger partial charge in [-0.2, -0.15) is 0 Å². The Morgan fingerprint density at radius 2 is 0.822 bits per heavy atom. The van der Waals surface area contributed by atoms with Crippen LogP contribution in [0.1, 0.15) is 24.0 Å². The number of benzene rings is 5. The minimum atomic E-state index is -1.05. The Labute approximate surface area is 254 Å². The first-order valence-electron chi connectivity index (χ1n) is 13.7. The van der Waals surface area contributed by atoms with Gasteiger partial charge in [-0.15, -0.1) is 0 Å². The average Bonchev–Trinajstić information content (AvgIpc) is 3.06. The second-order valence-corrected chi connectivity index (χ2v) is 10.5. The molecule has 0 unspecified atom stereocenters. The first-order valence-corrected chi connectivity index (χ1v) is 13.7. The number of anilines is 2. The van der Waals surface area contributed by atoms with Gasteiger partial charge in [0, 0.05) is 16.9 Å². The van der Waals surface area contributed by atoms with E-state index in [2.05, 4.69) is 5.32 Å². The molecular weight excluding hydrogens is 582 g/mol. The van der Waals surface area contributed by atoms with Gasteiger partial charge >= 0.3 is 0 Å². The summed E-state index contributed by atoms with van der Waals surface area (Å²) >= 11 is 0. The van der Waals surface area contributed by atoms with E-state index in [0.29, 0.717) is 35.0 Å². The van der Waals surface area contributed by atoms with Gasteiger partial charge in [0.15, 0.2) is 23.0 Å². The molecule has 0 atom stereocenters. The molecule has 0 aliphatic heterocycles. The zero-order chi connectivity index (χ0) is 32.2. The smallest absolute Gasteiger partial charge is 0.208 e. The highest BCUT2D eigenvalue weighted by atomic mass is 16.4. The van der Waals surface area contributed by atoms with Crippen LogP contribution in [-0.4, -0.2) is 51.1 Å². The van der Waals surface area contributed by atoms with Gasteiger partial charge in [0.1, 0.15) is 0 Å². The summed E-state index contributed by atoms with van der Waals surface area (Å²) in [5.41, 5.74) is 3.12. The van der Waals surface area contributed by atoms with E-state index in [1.807, 2.05) is 24.3 Å². The van der Waals surface area contributed by atoms with E-state index in [1.165, 1.54) is 0 Å². The van der Waals surface area contributed by atoms with Crippen LogP contribution in [0.2, 0.25) is 0 Å². The molecule has 11 N–H and O–H groups in total. The van der Waals surface area contributed by atoms with Crippen LogP contribution in [0.15, 0.2) is 72.8 Å². The lowest BCUT2D eigenvalue weighted by Gasteiger charge is -2.20. The Kier molecular flexibility index (Phi) is 6.85.